The Hall–Kier alpha value is -3.60. The number of carbonyl (C=O) groups is 2. The Kier molecular flexibility index (Phi) is 8.03. The molecule has 3 aromatic carbocycles. The van der Waals surface area contributed by atoms with Gasteiger partial charge in [0.15, 0.2) is 0 Å². The number of amides is 2. The zero-order chi connectivity index (χ0) is 22.9. The zero-order valence-electron chi connectivity index (χ0n) is 18.9. The highest BCUT2D eigenvalue weighted by atomic mass is 16.5. The quantitative estimate of drug-likeness (QED) is 0.474. The minimum Gasteiger partial charge on any atom is -0.494 e. The Morgan fingerprint density at radius 2 is 1.31 bits per heavy atom. The Morgan fingerprint density at radius 3 is 1.84 bits per heavy atom. The number of methoxy groups -OCH3 is 1. The fraction of sp³-hybridized carbons (Fsp3) is 0.259. The number of ether oxygens (including phenoxy) is 1. The Bertz CT molecular complexity index is 1090. The maximum Gasteiger partial charge on any atom is 0.224 e. The molecule has 5 nitrogen and oxygen atoms in total. The highest BCUT2D eigenvalue weighted by molar-refractivity contribution is 5.94. The van der Waals surface area contributed by atoms with Gasteiger partial charge in [0, 0.05) is 24.6 Å². The molecule has 166 valence electrons. The SMILES string of the molecule is COc1cc(NC(=O)CCc2cccc(C)c2)ccc1NC(=O)CCc1cccc(C)c1. The predicted molar refractivity (Wildman–Crippen MR) is 129 cm³/mol. The first kappa shape index (κ1) is 23.1. The molecular formula is C27H30N2O3. The predicted octanol–water partition coefficient (Wildman–Crippen LogP) is 5.45. The van der Waals surface area contributed by atoms with Crippen LogP contribution >= 0.6 is 0 Å². The molecule has 3 rings (SSSR count). The van der Waals surface area contributed by atoms with E-state index in [4.69, 9.17) is 4.74 Å². The third-order valence-electron chi connectivity index (χ3n) is 5.21. The van der Waals surface area contributed by atoms with E-state index in [0.29, 0.717) is 42.8 Å². The lowest BCUT2D eigenvalue weighted by Crippen LogP contribution is -2.14. The Labute approximate surface area is 189 Å². The van der Waals surface area contributed by atoms with Crippen LogP contribution in [0.3, 0.4) is 0 Å². The second kappa shape index (κ2) is 11.1. The smallest absolute Gasteiger partial charge is 0.224 e. The third kappa shape index (κ3) is 6.98. The average Bonchev–Trinajstić information content (AvgIpc) is 2.77. The Balaban J connectivity index is 1.54. The van der Waals surface area contributed by atoms with Crippen LogP contribution in [0.2, 0.25) is 0 Å². The molecule has 0 aliphatic rings. The van der Waals surface area contributed by atoms with Crippen LogP contribution in [0.25, 0.3) is 0 Å². The molecule has 0 unspecified atom stereocenters. The first-order valence-corrected chi connectivity index (χ1v) is 10.8. The fourth-order valence-corrected chi connectivity index (χ4v) is 3.56. The van der Waals surface area contributed by atoms with E-state index < -0.39 is 0 Å². The average molecular weight is 431 g/mol. The molecule has 32 heavy (non-hydrogen) atoms. The van der Waals surface area contributed by atoms with Gasteiger partial charge in [-0.3, -0.25) is 9.59 Å². The van der Waals surface area contributed by atoms with Crippen molar-refractivity contribution in [3.63, 3.8) is 0 Å². The monoisotopic (exact) mass is 430 g/mol. The van der Waals surface area contributed by atoms with E-state index >= 15 is 0 Å². The number of benzene rings is 3. The van der Waals surface area contributed by atoms with Crippen LogP contribution in [0.1, 0.15) is 35.1 Å². The summed E-state index contributed by atoms with van der Waals surface area (Å²) in [5.41, 5.74) is 5.86. The van der Waals surface area contributed by atoms with Gasteiger partial charge in [-0.1, -0.05) is 59.7 Å². The van der Waals surface area contributed by atoms with Gasteiger partial charge in [-0.2, -0.15) is 0 Å². The summed E-state index contributed by atoms with van der Waals surface area (Å²) in [5.74, 6) is 0.355. The van der Waals surface area contributed by atoms with Crippen molar-refractivity contribution in [2.24, 2.45) is 0 Å². The van der Waals surface area contributed by atoms with E-state index in [1.165, 1.54) is 11.1 Å². The van der Waals surface area contributed by atoms with Crippen molar-refractivity contribution in [3.8, 4) is 5.75 Å². The summed E-state index contributed by atoms with van der Waals surface area (Å²) in [4.78, 5) is 24.8. The molecule has 0 spiro atoms. The van der Waals surface area contributed by atoms with Gasteiger partial charge in [-0.25, -0.2) is 0 Å². The molecule has 0 radical (unpaired) electrons. The summed E-state index contributed by atoms with van der Waals surface area (Å²) in [6, 6.07) is 21.6. The molecule has 0 aliphatic carbocycles. The van der Waals surface area contributed by atoms with Crippen LogP contribution in [0.15, 0.2) is 66.7 Å². The van der Waals surface area contributed by atoms with Gasteiger partial charge < -0.3 is 15.4 Å². The Morgan fingerprint density at radius 1 is 0.750 bits per heavy atom. The molecule has 0 fully saturated rings. The van der Waals surface area contributed by atoms with Crippen molar-refractivity contribution in [2.45, 2.75) is 39.5 Å². The summed E-state index contributed by atoms with van der Waals surface area (Å²) >= 11 is 0. The first-order valence-electron chi connectivity index (χ1n) is 10.8. The normalized spacial score (nSPS) is 10.5. The summed E-state index contributed by atoms with van der Waals surface area (Å²) < 4.78 is 5.42. The number of nitrogens with one attached hydrogen (secondary N) is 2. The van der Waals surface area contributed by atoms with Crippen molar-refractivity contribution in [3.05, 3.63) is 89.0 Å². The molecule has 0 saturated heterocycles. The maximum absolute atomic E-state index is 12.4. The highest BCUT2D eigenvalue weighted by Crippen LogP contribution is 2.28. The first-order chi connectivity index (χ1) is 15.4. The summed E-state index contributed by atoms with van der Waals surface area (Å²) in [6.45, 7) is 4.08. The van der Waals surface area contributed by atoms with E-state index in [0.717, 1.165) is 11.1 Å². The second-order valence-corrected chi connectivity index (χ2v) is 7.99. The number of aryl methyl sites for hydroxylation is 4. The van der Waals surface area contributed by atoms with Crippen LogP contribution in [-0.4, -0.2) is 18.9 Å². The number of hydrogen-bond acceptors (Lipinski definition) is 3. The van der Waals surface area contributed by atoms with Gasteiger partial charge in [0.2, 0.25) is 11.8 Å². The summed E-state index contributed by atoms with van der Waals surface area (Å²) in [5, 5.41) is 5.80. The van der Waals surface area contributed by atoms with Crippen molar-refractivity contribution in [1.82, 2.24) is 0 Å². The van der Waals surface area contributed by atoms with Gasteiger partial charge in [-0.05, 0) is 49.9 Å². The summed E-state index contributed by atoms with van der Waals surface area (Å²) in [6.07, 6.45) is 2.12. The molecule has 0 aliphatic heterocycles. The van der Waals surface area contributed by atoms with Gasteiger partial charge in [0.25, 0.3) is 0 Å². The highest BCUT2D eigenvalue weighted by Gasteiger charge is 2.11. The number of hydrogen-bond donors (Lipinski definition) is 2. The van der Waals surface area contributed by atoms with Crippen LogP contribution in [-0.2, 0) is 22.4 Å². The molecule has 0 atom stereocenters. The molecule has 5 heteroatoms. The molecule has 0 heterocycles. The van der Waals surface area contributed by atoms with Crippen LogP contribution in [0.5, 0.6) is 5.75 Å². The van der Waals surface area contributed by atoms with Gasteiger partial charge in [0.1, 0.15) is 5.75 Å². The van der Waals surface area contributed by atoms with Crippen LogP contribution < -0.4 is 15.4 Å². The van der Waals surface area contributed by atoms with E-state index in [2.05, 4.69) is 22.8 Å². The van der Waals surface area contributed by atoms with Gasteiger partial charge in [-0.15, -0.1) is 0 Å². The van der Waals surface area contributed by atoms with E-state index in [-0.39, 0.29) is 11.8 Å². The number of rotatable bonds is 9. The maximum atomic E-state index is 12.4. The van der Waals surface area contributed by atoms with Crippen molar-refractivity contribution < 1.29 is 14.3 Å². The number of carbonyl (C=O) groups excluding carboxylic acids is 2. The minimum absolute atomic E-state index is 0.0662. The lowest BCUT2D eigenvalue weighted by atomic mass is 10.1. The van der Waals surface area contributed by atoms with E-state index in [1.54, 1.807) is 25.3 Å². The van der Waals surface area contributed by atoms with Crippen LogP contribution in [0, 0.1) is 13.8 Å². The largest absolute Gasteiger partial charge is 0.494 e. The molecule has 0 aromatic heterocycles. The minimum atomic E-state index is -0.0836. The van der Waals surface area contributed by atoms with Gasteiger partial charge in [0.05, 0.1) is 12.8 Å². The third-order valence-corrected chi connectivity index (χ3v) is 5.21. The van der Waals surface area contributed by atoms with E-state index in [9.17, 15) is 9.59 Å². The fourth-order valence-electron chi connectivity index (χ4n) is 3.56. The van der Waals surface area contributed by atoms with E-state index in [1.807, 2.05) is 50.2 Å². The topological polar surface area (TPSA) is 67.4 Å². The molecule has 0 saturated carbocycles. The lowest BCUT2D eigenvalue weighted by Gasteiger charge is -2.13. The molecule has 2 N–H and O–H groups in total. The molecule has 2 amide bonds. The summed E-state index contributed by atoms with van der Waals surface area (Å²) in [7, 11) is 1.54. The van der Waals surface area contributed by atoms with Crippen molar-refractivity contribution >= 4 is 23.2 Å². The molecule has 3 aromatic rings. The second-order valence-electron chi connectivity index (χ2n) is 7.99. The molecular weight excluding hydrogens is 400 g/mol. The standard InChI is InChI=1S/C27H30N2O3/c1-19-6-4-8-21(16-19)10-14-26(30)28-23-12-13-24(25(18-23)32-3)29-27(31)15-11-22-9-5-7-20(2)17-22/h4-9,12-13,16-18H,10-11,14-15H2,1-3H3,(H,28,30)(H,29,31). The van der Waals surface area contributed by atoms with Crippen molar-refractivity contribution in [1.29, 1.82) is 0 Å². The molecule has 0 bridgehead atoms. The van der Waals surface area contributed by atoms with Crippen molar-refractivity contribution in [2.75, 3.05) is 17.7 Å². The number of anilines is 2. The van der Waals surface area contributed by atoms with Gasteiger partial charge >= 0.3 is 0 Å². The zero-order valence-corrected chi connectivity index (χ0v) is 18.9. The lowest BCUT2D eigenvalue weighted by molar-refractivity contribution is -0.117. The van der Waals surface area contributed by atoms with Crippen LogP contribution in [0.4, 0.5) is 11.4 Å².